The number of hydrogen-bond acceptors (Lipinski definition) is 4. The Hall–Kier alpha value is -0.640. The van der Waals surface area contributed by atoms with Crippen LogP contribution in [0, 0.1) is 5.92 Å². The molecule has 1 heterocycles. The predicted octanol–water partition coefficient (Wildman–Crippen LogP) is 2.66. The number of anilines is 1. The highest BCUT2D eigenvalue weighted by molar-refractivity contribution is 7.09. The molecule has 1 aromatic heterocycles. The topological polar surface area (TPSA) is 37.8 Å². The van der Waals surface area contributed by atoms with Crippen LogP contribution in [-0.4, -0.2) is 15.4 Å². The van der Waals surface area contributed by atoms with E-state index < -0.39 is 0 Å². The Bertz CT molecular complexity index is 326. The van der Waals surface area contributed by atoms with Crippen LogP contribution in [0.2, 0.25) is 0 Å². The van der Waals surface area contributed by atoms with E-state index in [1.807, 2.05) is 0 Å². The van der Waals surface area contributed by atoms with Crippen LogP contribution in [0.25, 0.3) is 0 Å². The molecule has 2 rings (SSSR count). The Morgan fingerprint density at radius 1 is 1.43 bits per heavy atom. The Morgan fingerprint density at radius 3 is 2.50 bits per heavy atom. The van der Waals surface area contributed by atoms with Gasteiger partial charge in [-0.15, -0.1) is 0 Å². The van der Waals surface area contributed by atoms with E-state index >= 15 is 0 Å². The highest BCUT2D eigenvalue weighted by atomic mass is 32.1. The lowest BCUT2D eigenvalue weighted by molar-refractivity contribution is 0.555. The molecule has 4 heteroatoms. The van der Waals surface area contributed by atoms with Gasteiger partial charge in [0.25, 0.3) is 0 Å². The third-order valence-electron chi connectivity index (χ3n) is 2.52. The molecule has 0 spiro atoms. The zero-order valence-electron chi connectivity index (χ0n) is 9.16. The van der Waals surface area contributed by atoms with Crippen molar-refractivity contribution in [2.24, 2.45) is 5.92 Å². The van der Waals surface area contributed by atoms with Gasteiger partial charge in [-0.2, -0.15) is 4.37 Å². The summed E-state index contributed by atoms with van der Waals surface area (Å²) in [5.41, 5.74) is 0.0611. The maximum absolute atomic E-state index is 4.49. The quantitative estimate of drug-likeness (QED) is 0.817. The smallest absolute Gasteiger partial charge is 0.202 e. The molecule has 78 valence electrons. The van der Waals surface area contributed by atoms with Gasteiger partial charge in [0.15, 0.2) is 0 Å². The molecule has 0 aliphatic heterocycles. The van der Waals surface area contributed by atoms with E-state index in [1.165, 1.54) is 18.0 Å². The second kappa shape index (κ2) is 3.19. The van der Waals surface area contributed by atoms with E-state index in [-0.39, 0.29) is 5.41 Å². The van der Waals surface area contributed by atoms with Crippen molar-refractivity contribution < 1.29 is 0 Å². The molecule has 1 aliphatic carbocycles. The lowest BCUT2D eigenvalue weighted by Gasteiger charge is -2.12. The number of rotatable bonds is 2. The fraction of sp³-hybridized carbons (Fsp3) is 0.800. The first-order chi connectivity index (χ1) is 6.47. The zero-order valence-corrected chi connectivity index (χ0v) is 9.98. The summed E-state index contributed by atoms with van der Waals surface area (Å²) >= 11 is 1.47. The molecular formula is C10H17N3S. The maximum atomic E-state index is 4.49. The van der Waals surface area contributed by atoms with Gasteiger partial charge in [0.05, 0.1) is 0 Å². The van der Waals surface area contributed by atoms with Crippen LogP contribution in [0.1, 0.15) is 39.9 Å². The normalized spacial score (nSPS) is 26.3. The summed E-state index contributed by atoms with van der Waals surface area (Å²) in [5, 5.41) is 4.38. The van der Waals surface area contributed by atoms with Gasteiger partial charge in [0.1, 0.15) is 5.82 Å². The molecule has 0 amide bonds. The van der Waals surface area contributed by atoms with Gasteiger partial charge < -0.3 is 5.32 Å². The van der Waals surface area contributed by atoms with Crippen LogP contribution in [0.3, 0.4) is 0 Å². The molecule has 1 aromatic rings. The van der Waals surface area contributed by atoms with Gasteiger partial charge in [-0.05, 0) is 12.3 Å². The first-order valence-corrected chi connectivity index (χ1v) is 5.85. The summed E-state index contributed by atoms with van der Waals surface area (Å²) in [4.78, 5) is 4.49. The van der Waals surface area contributed by atoms with Gasteiger partial charge in [-0.25, -0.2) is 4.98 Å². The molecule has 1 aliphatic rings. The Morgan fingerprint density at radius 2 is 2.07 bits per heavy atom. The third kappa shape index (κ3) is 2.05. The molecular weight excluding hydrogens is 194 g/mol. The summed E-state index contributed by atoms with van der Waals surface area (Å²) in [7, 11) is 0. The van der Waals surface area contributed by atoms with E-state index in [2.05, 4.69) is 42.4 Å². The summed E-state index contributed by atoms with van der Waals surface area (Å²) in [6, 6.07) is 0.635. The average Bonchev–Trinajstić information content (AvgIpc) is 2.60. The van der Waals surface area contributed by atoms with E-state index in [0.29, 0.717) is 6.04 Å². The lowest BCUT2D eigenvalue weighted by atomic mass is 9.96. The SMILES string of the molecule is C[C@@H]1C[C@H]1Nc1nc(C(C)(C)C)ns1. The van der Waals surface area contributed by atoms with Crippen LogP contribution in [0.4, 0.5) is 5.13 Å². The molecule has 3 nitrogen and oxygen atoms in total. The minimum Gasteiger partial charge on any atom is -0.357 e. The largest absolute Gasteiger partial charge is 0.357 e. The van der Waals surface area contributed by atoms with Gasteiger partial charge >= 0.3 is 0 Å². The molecule has 0 unspecified atom stereocenters. The number of hydrogen-bond donors (Lipinski definition) is 1. The molecule has 1 saturated carbocycles. The van der Waals surface area contributed by atoms with Crippen molar-refractivity contribution in [3.8, 4) is 0 Å². The maximum Gasteiger partial charge on any atom is 0.202 e. The summed E-state index contributed by atoms with van der Waals surface area (Å²) < 4.78 is 4.36. The summed E-state index contributed by atoms with van der Waals surface area (Å²) in [5.74, 6) is 1.75. The molecule has 1 fully saturated rings. The lowest BCUT2D eigenvalue weighted by Crippen LogP contribution is -2.13. The number of nitrogens with zero attached hydrogens (tertiary/aromatic N) is 2. The van der Waals surface area contributed by atoms with Crippen molar-refractivity contribution in [1.82, 2.24) is 9.36 Å². The molecule has 14 heavy (non-hydrogen) atoms. The number of nitrogens with one attached hydrogen (secondary N) is 1. The van der Waals surface area contributed by atoms with Gasteiger partial charge in [0.2, 0.25) is 5.13 Å². The zero-order chi connectivity index (χ0) is 10.3. The average molecular weight is 211 g/mol. The monoisotopic (exact) mass is 211 g/mol. The van der Waals surface area contributed by atoms with Crippen LogP contribution in [0.15, 0.2) is 0 Å². The van der Waals surface area contributed by atoms with Gasteiger partial charge in [0, 0.05) is 23.0 Å². The van der Waals surface area contributed by atoms with Gasteiger partial charge in [-0.3, -0.25) is 0 Å². The van der Waals surface area contributed by atoms with Gasteiger partial charge in [-0.1, -0.05) is 27.7 Å². The standard InChI is InChI=1S/C10H17N3S/c1-6-5-7(6)11-9-12-8(13-14-9)10(2,3)4/h6-7H,5H2,1-4H3,(H,11,12,13)/t6-,7-/m1/s1. The molecule has 0 saturated heterocycles. The first-order valence-electron chi connectivity index (χ1n) is 5.07. The van der Waals surface area contributed by atoms with E-state index in [9.17, 15) is 0 Å². The van der Waals surface area contributed by atoms with Crippen molar-refractivity contribution in [2.45, 2.75) is 45.6 Å². The van der Waals surface area contributed by atoms with Crippen molar-refractivity contribution in [2.75, 3.05) is 5.32 Å². The highest BCUT2D eigenvalue weighted by Gasteiger charge is 2.33. The van der Waals surface area contributed by atoms with Crippen molar-refractivity contribution >= 4 is 16.7 Å². The minimum atomic E-state index is 0.0611. The Balaban J connectivity index is 2.03. The minimum absolute atomic E-state index is 0.0611. The second-order valence-electron chi connectivity index (χ2n) is 5.14. The fourth-order valence-electron chi connectivity index (χ4n) is 1.27. The molecule has 2 atom stereocenters. The molecule has 1 N–H and O–H groups in total. The van der Waals surface area contributed by atoms with E-state index in [0.717, 1.165) is 16.9 Å². The highest BCUT2D eigenvalue weighted by Crippen LogP contribution is 2.33. The first kappa shape index (κ1) is 9.90. The van der Waals surface area contributed by atoms with E-state index in [4.69, 9.17) is 0 Å². The third-order valence-corrected chi connectivity index (χ3v) is 3.16. The van der Waals surface area contributed by atoms with Crippen LogP contribution >= 0.6 is 11.5 Å². The Labute approximate surface area is 89.1 Å². The van der Waals surface area contributed by atoms with Crippen LogP contribution in [-0.2, 0) is 5.41 Å². The summed E-state index contributed by atoms with van der Waals surface area (Å²) in [6.45, 7) is 8.67. The van der Waals surface area contributed by atoms with E-state index in [1.54, 1.807) is 0 Å². The molecule has 0 radical (unpaired) electrons. The van der Waals surface area contributed by atoms with Crippen molar-refractivity contribution in [3.63, 3.8) is 0 Å². The Kier molecular flexibility index (Phi) is 2.26. The van der Waals surface area contributed by atoms with Crippen molar-refractivity contribution in [1.29, 1.82) is 0 Å². The van der Waals surface area contributed by atoms with Crippen LogP contribution in [0.5, 0.6) is 0 Å². The summed E-state index contributed by atoms with van der Waals surface area (Å²) in [6.07, 6.45) is 1.27. The fourth-order valence-corrected chi connectivity index (χ4v) is 2.09. The molecule has 0 aromatic carbocycles. The van der Waals surface area contributed by atoms with Crippen molar-refractivity contribution in [3.05, 3.63) is 5.82 Å². The molecule has 0 bridgehead atoms. The number of aromatic nitrogens is 2. The van der Waals surface area contributed by atoms with Crippen LogP contribution < -0.4 is 5.32 Å². The second-order valence-corrected chi connectivity index (χ2v) is 5.89. The predicted molar refractivity (Wildman–Crippen MR) is 59.8 cm³/mol.